The van der Waals surface area contributed by atoms with Gasteiger partial charge in [0.15, 0.2) is 0 Å². The molecule has 6 heteroatoms. The summed E-state index contributed by atoms with van der Waals surface area (Å²) in [4.78, 5) is 21.4. The van der Waals surface area contributed by atoms with E-state index in [4.69, 9.17) is 6.42 Å². The van der Waals surface area contributed by atoms with Gasteiger partial charge in [-0.15, -0.1) is 6.42 Å². The first-order chi connectivity index (χ1) is 10.7. The van der Waals surface area contributed by atoms with Crippen molar-refractivity contribution in [2.45, 2.75) is 39.0 Å². The van der Waals surface area contributed by atoms with Gasteiger partial charge in [-0.1, -0.05) is 6.42 Å². The van der Waals surface area contributed by atoms with Gasteiger partial charge in [-0.2, -0.15) is 0 Å². The van der Waals surface area contributed by atoms with Gasteiger partial charge in [-0.05, 0) is 57.8 Å². The second-order valence-corrected chi connectivity index (χ2v) is 5.15. The maximum Gasteiger partial charge on any atom is 0.295 e. The van der Waals surface area contributed by atoms with Crippen LogP contribution in [0.2, 0.25) is 0 Å². The number of hydrogen-bond donors (Lipinski definition) is 4. The van der Waals surface area contributed by atoms with Crippen LogP contribution in [0, 0.1) is 12.3 Å². The van der Waals surface area contributed by atoms with Crippen LogP contribution in [-0.2, 0) is 9.59 Å². The average molecular weight is 310 g/mol. The van der Waals surface area contributed by atoms with Crippen LogP contribution in [0.15, 0.2) is 0 Å². The second-order valence-electron chi connectivity index (χ2n) is 5.15. The number of amides is 2. The van der Waals surface area contributed by atoms with Crippen LogP contribution in [0.5, 0.6) is 0 Å². The third kappa shape index (κ3) is 16.5. The summed E-state index contributed by atoms with van der Waals surface area (Å²) in [6, 6.07) is 0. The maximum atomic E-state index is 10.8. The van der Waals surface area contributed by atoms with Crippen molar-refractivity contribution >= 4 is 11.8 Å². The fourth-order valence-corrected chi connectivity index (χ4v) is 1.87. The summed E-state index contributed by atoms with van der Waals surface area (Å²) in [7, 11) is 0. The fraction of sp³-hybridized carbons (Fsp3) is 0.750. The van der Waals surface area contributed by atoms with Crippen molar-refractivity contribution in [3.8, 4) is 12.3 Å². The Labute approximate surface area is 134 Å². The van der Waals surface area contributed by atoms with Gasteiger partial charge in [0.2, 0.25) is 5.91 Å². The number of rotatable bonds is 14. The first-order valence-corrected chi connectivity index (χ1v) is 8.07. The Morgan fingerprint density at radius 1 is 0.773 bits per heavy atom. The number of carbonyl (C=O) groups is 2. The SMILES string of the molecule is C#CC(=O)NCCCNCCCCCNCCCNC(C)=O. The number of terminal acetylenes is 1. The van der Waals surface area contributed by atoms with Gasteiger partial charge in [0.05, 0.1) is 0 Å². The summed E-state index contributed by atoms with van der Waals surface area (Å²) < 4.78 is 0. The van der Waals surface area contributed by atoms with Crippen LogP contribution in [0.4, 0.5) is 0 Å². The third-order valence-electron chi connectivity index (χ3n) is 3.06. The highest BCUT2D eigenvalue weighted by Gasteiger charge is 1.94. The standard InChI is InChI=1S/C16H30N4O2/c1-3-16(22)20-14-8-12-18-10-6-4-5-9-17-11-7-13-19-15(2)21/h1,17-18H,4-14H2,2H3,(H,19,21)(H,20,22). The van der Waals surface area contributed by atoms with Crippen LogP contribution in [0.25, 0.3) is 0 Å². The van der Waals surface area contributed by atoms with Crippen molar-refractivity contribution in [1.82, 2.24) is 21.3 Å². The lowest BCUT2D eigenvalue weighted by molar-refractivity contribution is -0.119. The average Bonchev–Trinajstić information content (AvgIpc) is 2.50. The zero-order valence-electron chi connectivity index (χ0n) is 13.7. The summed E-state index contributed by atoms with van der Waals surface area (Å²) in [5, 5.41) is 12.1. The molecule has 6 nitrogen and oxygen atoms in total. The zero-order valence-corrected chi connectivity index (χ0v) is 13.7. The maximum absolute atomic E-state index is 10.8. The monoisotopic (exact) mass is 310 g/mol. The van der Waals surface area contributed by atoms with E-state index in [-0.39, 0.29) is 11.8 Å². The predicted octanol–water partition coefficient (Wildman–Crippen LogP) is 0.00160. The molecule has 0 spiro atoms. The Bertz CT molecular complexity index is 340. The molecular formula is C16H30N4O2. The quantitative estimate of drug-likeness (QED) is 0.269. The van der Waals surface area contributed by atoms with Gasteiger partial charge >= 0.3 is 0 Å². The van der Waals surface area contributed by atoms with Crippen molar-refractivity contribution < 1.29 is 9.59 Å². The molecule has 0 aromatic heterocycles. The van der Waals surface area contributed by atoms with E-state index in [9.17, 15) is 9.59 Å². The highest BCUT2D eigenvalue weighted by molar-refractivity contribution is 5.92. The molecular weight excluding hydrogens is 280 g/mol. The first-order valence-electron chi connectivity index (χ1n) is 8.07. The Morgan fingerprint density at radius 3 is 1.77 bits per heavy atom. The molecule has 0 aromatic rings. The van der Waals surface area contributed by atoms with Crippen molar-refractivity contribution in [2.75, 3.05) is 39.3 Å². The molecule has 4 N–H and O–H groups in total. The molecule has 0 radical (unpaired) electrons. The molecule has 0 aliphatic heterocycles. The van der Waals surface area contributed by atoms with Crippen molar-refractivity contribution in [2.24, 2.45) is 0 Å². The molecule has 0 aliphatic rings. The van der Waals surface area contributed by atoms with Gasteiger partial charge in [0.1, 0.15) is 0 Å². The lowest BCUT2D eigenvalue weighted by Crippen LogP contribution is -2.26. The minimum atomic E-state index is -0.343. The molecule has 0 saturated carbocycles. The van der Waals surface area contributed by atoms with Gasteiger partial charge < -0.3 is 21.3 Å². The molecule has 0 bridgehead atoms. The zero-order chi connectivity index (χ0) is 16.5. The Morgan fingerprint density at radius 2 is 1.27 bits per heavy atom. The van der Waals surface area contributed by atoms with E-state index in [1.807, 2.05) is 5.92 Å². The van der Waals surface area contributed by atoms with Crippen LogP contribution in [-0.4, -0.2) is 51.1 Å². The van der Waals surface area contributed by atoms with Crippen molar-refractivity contribution in [1.29, 1.82) is 0 Å². The van der Waals surface area contributed by atoms with Crippen LogP contribution in [0.1, 0.15) is 39.0 Å². The fourth-order valence-electron chi connectivity index (χ4n) is 1.87. The molecule has 0 rings (SSSR count). The van der Waals surface area contributed by atoms with E-state index in [1.54, 1.807) is 0 Å². The molecule has 0 unspecified atom stereocenters. The summed E-state index contributed by atoms with van der Waals surface area (Å²) in [6.45, 7) is 6.78. The van der Waals surface area contributed by atoms with E-state index < -0.39 is 0 Å². The molecule has 0 aromatic carbocycles. The van der Waals surface area contributed by atoms with Crippen LogP contribution < -0.4 is 21.3 Å². The highest BCUT2D eigenvalue weighted by Crippen LogP contribution is 1.92. The van der Waals surface area contributed by atoms with Gasteiger partial charge in [0, 0.05) is 20.0 Å². The first kappa shape index (κ1) is 20.4. The smallest absolute Gasteiger partial charge is 0.295 e. The van der Waals surface area contributed by atoms with Crippen molar-refractivity contribution in [3.63, 3.8) is 0 Å². The largest absolute Gasteiger partial charge is 0.356 e. The van der Waals surface area contributed by atoms with Crippen LogP contribution in [0.3, 0.4) is 0 Å². The summed E-state index contributed by atoms with van der Waals surface area (Å²) in [5.74, 6) is 1.71. The molecule has 0 aliphatic carbocycles. The number of hydrogen-bond acceptors (Lipinski definition) is 4. The number of nitrogens with one attached hydrogen (secondary N) is 4. The van der Waals surface area contributed by atoms with E-state index >= 15 is 0 Å². The predicted molar refractivity (Wildman–Crippen MR) is 89.4 cm³/mol. The minimum absolute atomic E-state index is 0.0333. The molecule has 0 atom stereocenters. The lowest BCUT2D eigenvalue weighted by Gasteiger charge is -2.06. The Hall–Kier alpha value is -1.58. The Kier molecular flexibility index (Phi) is 14.7. The van der Waals surface area contributed by atoms with E-state index in [2.05, 4.69) is 21.3 Å². The van der Waals surface area contributed by atoms with E-state index in [0.717, 1.165) is 52.0 Å². The summed E-state index contributed by atoms with van der Waals surface area (Å²) >= 11 is 0. The van der Waals surface area contributed by atoms with E-state index in [1.165, 1.54) is 19.8 Å². The Balaban J connectivity index is 3.04. The minimum Gasteiger partial charge on any atom is -0.356 e. The topological polar surface area (TPSA) is 82.3 Å². The second kappa shape index (κ2) is 15.8. The molecule has 2 amide bonds. The van der Waals surface area contributed by atoms with Gasteiger partial charge in [-0.25, -0.2) is 0 Å². The number of unbranched alkanes of at least 4 members (excludes halogenated alkanes) is 2. The summed E-state index contributed by atoms with van der Waals surface area (Å²) in [6.07, 6.45) is 10.3. The molecule has 0 heterocycles. The van der Waals surface area contributed by atoms with E-state index in [0.29, 0.717) is 6.54 Å². The molecule has 0 fully saturated rings. The van der Waals surface area contributed by atoms with Gasteiger partial charge in [0.25, 0.3) is 5.91 Å². The molecule has 126 valence electrons. The van der Waals surface area contributed by atoms with Gasteiger partial charge in [-0.3, -0.25) is 9.59 Å². The van der Waals surface area contributed by atoms with Crippen LogP contribution >= 0.6 is 0 Å². The van der Waals surface area contributed by atoms with Crippen molar-refractivity contribution in [3.05, 3.63) is 0 Å². The third-order valence-corrected chi connectivity index (χ3v) is 3.06. The normalized spacial score (nSPS) is 10.0. The lowest BCUT2D eigenvalue weighted by atomic mass is 10.2. The number of carbonyl (C=O) groups excluding carboxylic acids is 2. The molecule has 22 heavy (non-hydrogen) atoms. The summed E-state index contributed by atoms with van der Waals surface area (Å²) in [5.41, 5.74) is 0. The molecule has 0 saturated heterocycles. The highest BCUT2D eigenvalue weighted by atomic mass is 16.2.